The lowest BCUT2D eigenvalue weighted by molar-refractivity contribution is 0.151. The number of amides is 2. The standard InChI is InChI=1S/C18H23N3O2/c1-13-6-8-15(9-7-13)17-5-3-4-10-21(17)18(22)19-11-16-14(2)12-23-20-16/h6-9,12,17H,3-5,10-11H2,1-2H3,(H,19,22). The van der Waals surface area contributed by atoms with E-state index in [-0.39, 0.29) is 12.1 Å². The third-order valence-corrected chi connectivity index (χ3v) is 4.48. The number of aromatic nitrogens is 1. The first-order chi connectivity index (χ1) is 11.1. The van der Waals surface area contributed by atoms with Gasteiger partial charge in [0.15, 0.2) is 0 Å². The van der Waals surface area contributed by atoms with Gasteiger partial charge in [0.25, 0.3) is 0 Å². The number of benzene rings is 1. The number of likely N-dealkylation sites (tertiary alicyclic amines) is 1. The van der Waals surface area contributed by atoms with E-state index in [0.717, 1.165) is 37.1 Å². The maximum absolute atomic E-state index is 12.6. The highest BCUT2D eigenvalue weighted by molar-refractivity contribution is 5.74. The van der Waals surface area contributed by atoms with Gasteiger partial charge < -0.3 is 14.7 Å². The van der Waals surface area contributed by atoms with Gasteiger partial charge in [-0.3, -0.25) is 0 Å². The van der Waals surface area contributed by atoms with Gasteiger partial charge in [0, 0.05) is 12.1 Å². The minimum atomic E-state index is -0.0299. The van der Waals surface area contributed by atoms with Crippen molar-refractivity contribution >= 4 is 6.03 Å². The van der Waals surface area contributed by atoms with Crippen LogP contribution in [0, 0.1) is 13.8 Å². The van der Waals surface area contributed by atoms with Crippen molar-refractivity contribution in [1.29, 1.82) is 0 Å². The molecule has 1 fully saturated rings. The summed E-state index contributed by atoms with van der Waals surface area (Å²) in [4.78, 5) is 14.6. The number of nitrogens with one attached hydrogen (secondary N) is 1. The highest BCUT2D eigenvalue weighted by atomic mass is 16.5. The van der Waals surface area contributed by atoms with Crippen molar-refractivity contribution in [3.63, 3.8) is 0 Å². The van der Waals surface area contributed by atoms with E-state index in [2.05, 4.69) is 41.7 Å². The van der Waals surface area contributed by atoms with Gasteiger partial charge in [0.1, 0.15) is 12.0 Å². The maximum atomic E-state index is 12.6. The Hall–Kier alpha value is -2.30. The Balaban J connectivity index is 1.69. The van der Waals surface area contributed by atoms with Crippen LogP contribution in [0.3, 0.4) is 0 Å². The summed E-state index contributed by atoms with van der Waals surface area (Å²) in [5, 5.41) is 6.88. The SMILES string of the molecule is Cc1ccc(C2CCCCN2C(=O)NCc2nocc2C)cc1. The molecule has 1 unspecified atom stereocenters. The van der Waals surface area contributed by atoms with Crippen molar-refractivity contribution in [1.82, 2.24) is 15.4 Å². The molecule has 5 nitrogen and oxygen atoms in total. The summed E-state index contributed by atoms with van der Waals surface area (Å²) in [6.07, 6.45) is 4.82. The molecule has 1 aliphatic rings. The lowest BCUT2D eigenvalue weighted by Crippen LogP contribution is -2.44. The molecule has 2 heterocycles. The molecule has 0 spiro atoms. The Morgan fingerprint density at radius 2 is 2.09 bits per heavy atom. The highest BCUT2D eigenvalue weighted by Gasteiger charge is 2.27. The molecule has 5 heteroatoms. The van der Waals surface area contributed by atoms with Gasteiger partial charge in [-0.25, -0.2) is 4.79 Å². The van der Waals surface area contributed by atoms with Crippen LogP contribution in [-0.2, 0) is 6.54 Å². The van der Waals surface area contributed by atoms with Gasteiger partial charge in [-0.15, -0.1) is 0 Å². The minimum Gasteiger partial charge on any atom is -0.364 e. The number of urea groups is 1. The fraction of sp³-hybridized carbons (Fsp3) is 0.444. The molecule has 2 aromatic rings. The van der Waals surface area contributed by atoms with Gasteiger partial charge in [0.05, 0.1) is 12.6 Å². The molecule has 0 bridgehead atoms. The Morgan fingerprint density at radius 1 is 1.30 bits per heavy atom. The van der Waals surface area contributed by atoms with E-state index in [0.29, 0.717) is 6.54 Å². The molecule has 1 atom stereocenters. The van der Waals surface area contributed by atoms with Crippen molar-refractivity contribution in [3.05, 3.63) is 52.9 Å². The molecule has 0 radical (unpaired) electrons. The van der Waals surface area contributed by atoms with Crippen LogP contribution in [0.4, 0.5) is 4.79 Å². The lowest BCUT2D eigenvalue weighted by atomic mass is 9.95. The largest absolute Gasteiger partial charge is 0.364 e. The summed E-state index contributed by atoms with van der Waals surface area (Å²) >= 11 is 0. The smallest absolute Gasteiger partial charge is 0.318 e. The summed E-state index contributed by atoms with van der Waals surface area (Å²) in [5.41, 5.74) is 4.19. The second kappa shape index (κ2) is 6.86. The van der Waals surface area contributed by atoms with E-state index in [1.54, 1.807) is 6.26 Å². The summed E-state index contributed by atoms with van der Waals surface area (Å²) in [5.74, 6) is 0. The maximum Gasteiger partial charge on any atom is 0.318 e. The molecule has 23 heavy (non-hydrogen) atoms. The van der Waals surface area contributed by atoms with Gasteiger partial charge in [-0.05, 0) is 38.7 Å². The summed E-state index contributed by atoms with van der Waals surface area (Å²) in [6.45, 7) is 5.20. The number of hydrogen-bond donors (Lipinski definition) is 1. The van der Waals surface area contributed by atoms with E-state index >= 15 is 0 Å². The fourth-order valence-electron chi connectivity index (χ4n) is 3.05. The van der Waals surface area contributed by atoms with Crippen LogP contribution in [0.5, 0.6) is 0 Å². The highest BCUT2D eigenvalue weighted by Crippen LogP contribution is 2.31. The monoisotopic (exact) mass is 313 g/mol. The molecule has 122 valence electrons. The molecule has 2 amide bonds. The van der Waals surface area contributed by atoms with E-state index in [1.165, 1.54) is 11.1 Å². The molecule has 1 aliphatic heterocycles. The zero-order valence-electron chi connectivity index (χ0n) is 13.7. The summed E-state index contributed by atoms with van der Waals surface area (Å²) < 4.78 is 4.91. The van der Waals surface area contributed by atoms with Crippen molar-refractivity contribution in [2.45, 2.75) is 45.7 Å². The number of piperidine rings is 1. The number of hydrogen-bond acceptors (Lipinski definition) is 3. The van der Waals surface area contributed by atoms with Crippen molar-refractivity contribution in [2.75, 3.05) is 6.54 Å². The quantitative estimate of drug-likeness (QED) is 0.939. The lowest BCUT2D eigenvalue weighted by Gasteiger charge is -2.36. The van der Waals surface area contributed by atoms with Gasteiger partial charge in [-0.1, -0.05) is 35.0 Å². The topological polar surface area (TPSA) is 58.4 Å². The van der Waals surface area contributed by atoms with Crippen molar-refractivity contribution < 1.29 is 9.32 Å². The average molecular weight is 313 g/mol. The molecule has 1 aromatic heterocycles. The summed E-state index contributed by atoms with van der Waals surface area (Å²) in [7, 11) is 0. The molecule has 3 rings (SSSR count). The predicted octanol–water partition coefficient (Wildman–Crippen LogP) is 3.73. The number of carbonyl (C=O) groups is 1. The van der Waals surface area contributed by atoms with Crippen molar-refractivity contribution in [3.8, 4) is 0 Å². The Bertz CT molecular complexity index is 663. The third kappa shape index (κ3) is 3.55. The minimum absolute atomic E-state index is 0.0299. The first-order valence-corrected chi connectivity index (χ1v) is 8.16. The number of aryl methyl sites for hydroxylation is 2. The van der Waals surface area contributed by atoms with Gasteiger partial charge in [0.2, 0.25) is 0 Å². The molecule has 1 N–H and O–H groups in total. The van der Waals surface area contributed by atoms with Gasteiger partial charge in [-0.2, -0.15) is 0 Å². The molecule has 0 aliphatic carbocycles. The van der Waals surface area contributed by atoms with Crippen LogP contribution in [0.2, 0.25) is 0 Å². The Kier molecular flexibility index (Phi) is 4.65. The molecule has 1 saturated heterocycles. The van der Waals surface area contributed by atoms with Crippen LogP contribution < -0.4 is 5.32 Å². The van der Waals surface area contributed by atoms with E-state index in [1.807, 2.05) is 11.8 Å². The van der Waals surface area contributed by atoms with E-state index in [9.17, 15) is 4.79 Å². The Morgan fingerprint density at radius 3 is 2.78 bits per heavy atom. The first-order valence-electron chi connectivity index (χ1n) is 8.16. The van der Waals surface area contributed by atoms with Crippen LogP contribution >= 0.6 is 0 Å². The molecule has 1 aromatic carbocycles. The average Bonchev–Trinajstić information content (AvgIpc) is 2.98. The second-order valence-electron chi connectivity index (χ2n) is 6.22. The first kappa shape index (κ1) is 15.6. The Labute approximate surface area is 136 Å². The molecular formula is C18H23N3O2. The predicted molar refractivity (Wildman–Crippen MR) is 88.0 cm³/mol. The van der Waals surface area contributed by atoms with E-state index < -0.39 is 0 Å². The molecule has 0 saturated carbocycles. The van der Waals surface area contributed by atoms with Crippen LogP contribution in [0.1, 0.15) is 47.7 Å². The number of nitrogens with zero attached hydrogens (tertiary/aromatic N) is 2. The van der Waals surface area contributed by atoms with Crippen molar-refractivity contribution in [2.24, 2.45) is 0 Å². The zero-order valence-corrected chi connectivity index (χ0v) is 13.7. The normalized spacial score (nSPS) is 18.0. The van der Waals surface area contributed by atoms with Gasteiger partial charge >= 0.3 is 6.03 Å². The number of rotatable bonds is 3. The van der Waals surface area contributed by atoms with E-state index in [4.69, 9.17) is 4.52 Å². The van der Waals surface area contributed by atoms with Crippen LogP contribution in [0.25, 0.3) is 0 Å². The van der Waals surface area contributed by atoms with Crippen LogP contribution in [-0.4, -0.2) is 22.6 Å². The van der Waals surface area contributed by atoms with Crippen LogP contribution in [0.15, 0.2) is 35.1 Å². The zero-order chi connectivity index (χ0) is 16.2. The second-order valence-corrected chi connectivity index (χ2v) is 6.22. The summed E-state index contributed by atoms with van der Waals surface area (Å²) in [6, 6.07) is 8.61. The fourth-order valence-corrected chi connectivity index (χ4v) is 3.05. The molecular weight excluding hydrogens is 290 g/mol. The number of carbonyl (C=O) groups excluding carboxylic acids is 1. The third-order valence-electron chi connectivity index (χ3n) is 4.48.